The van der Waals surface area contributed by atoms with Gasteiger partial charge < -0.3 is 4.74 Å². The fourth-order valence-electron chi connectivity index (χ4n) is 1.23. The number of hydrogen-bond acceptors (Lipinski definition) is 2. The summed E-state index contributed by atoms with van der Waals surface area (Å²) in [7, 11) is -0.630. The van der Waals surface area contributed by atoms with Crippen molar-refractivity contribution >= 4 is 10.8 Å². The molecule has 0 radical (unpaired) electrons. The van der Waals surface area contributed by atoms with Crippen LogP contribution < -0.4 is 0 Å². The Morgan fingerprint density at radius 1 is 1.67 bits per heavy atom. The summed E-state index contributed by atoms with van der Waals surface area (Å²) in [5.41, 5.74) is 1.15. The molecule has 1 saturated heterocycles. The summed E-state index contributed by atoms with van der Waals surface area (Å²) in [6.45, 7) is 4.61. The van der Waals surface area contributed by atoms with Crippen molar-refractivity contribution in [2.45, 2.75) is 31.9 Å². The van der Waals surface area contributed by atoms with Crippen LogP contribution in [-0.4, -0.2) is 21.8 Å². The molecular formula is C9H16O2S. The summed E-state index contributed by atoms with van der Waals surface area (Å²) >= 11 is 0. The van der Waals surface area contributed by atoms with Crippen molar-refractivity contribution in [3.8, 4) is 0 Å². The molecule has 2 atom stereocenters. The quantitative estimate of drug-likeness (QED) is 0.632. The lowest BCUT2D eigenvalue weighted by molar-refractivity contribution is 0.244. The van der Waals surface area contributed by atoms with E-state index >= 15 is 0 Å². The molecule has 0 saturated carbocycles. The van der Waals surface area contributed by atoms with Crippen LogP contribution in [0.4, 0.5) is 0 Å². The molecule has 0 aromatic heterocycles. The average molecular weight is 188 g/mol. The van der Waals surface area contributed by atoms with Crippen LogP contribution in [0.2, 0.25) is 0 Å². The molecule has 1 heterocycles. The lowest BCUT2D eigenvalue weighted by Crippen LogP contribution is -2.15. The fraction of sp³-hybridized carbons (Fsp3) is 0.778. The molecule has 0 bridgehead atoms. The molecule has 2 unspecified atom stereocenters. The van der Waals surface area contributed by atoms with Crippen molar-refractivity contribution in [1.29, 1.82) is 0 Å². The van der Waals surface area contributed by atoms with Crippen LogP contribution in [0.5, 0.6) is 0 Å². The van der Waals surface area contributed by atoms with E-state index in [1.165, 1.54) is 0 Å². The highest BCUT2D eigenvalue weighted by Gasteiger charge is 2.22. The van der Waals surface area contributed by atoms with Crippen LogP contribution in [0.15, 0.2) is 11.8 Å². The largest absolute Gasteiger partial charge is 0.500 e. The first-order chi connectivity index (χ1) is 5.70. The Bertz CT molecular complexity index is 195. The van der Waals surface area contributed by atoms with Gasteiger partial charge in [0.25, 0.3) is 0 Å². The highest BCUT2D eigenvalue weighted by atomic mass is 32.2. The Kier molecular flexibility index (Phi) is 3.79. The van der Waals surface area contributed by atoms with Crippen molar-refractivity contribution in [2.24, 2.45) is 0 Å². The first kappa shape index (κ1) is 9.78. The SMILES string of the molecule is CC(C)=COCC1CCCS1=O. The number of hydrogen-bond donors (Lipinski definition) is 0. The molecule has 1 aliphatic rings. The van der Waals surface area contributed by atoms with Gasteiger partial charge in [-0.25, -0.2) is 0 Å². The van der Waals surface area contributed by atoms with Crippen LogP contribution >= 0.6 is 0 Å². The van der Waals surface area contributed by atoms with E-state index in [0.29, 0.717) is 6.61 Å². The molecular weight excluding hydrogens is 172 g/mol. The van der Waals surface area contributed by atoms with E-state index in [9.17, 15) is 4.21 Å². The Labute approximate surface area is 76.5 Å². The molecule has 0 amide bonds. The standard InChI is InChI=1S/C9H16O2S/c1-8(2)6-11-7-9-4-3-5-12(9)10/h6,9H,3-5,7H2,1-2H3. The zero-order valence-electron chi connectivity index (χ0n) is 7.71. The van der Waals surface area contributed by atoms with E-state index in [2.05, 4.69) is 0 Å². The van der Waals surface area contributed by atoms with Gasteiger partial charge in [0.05, 0.1) is 11.5 Å². The summed E-state index contributed by atoms with van der Waals surface area (Å²) in [4.78, 5) is 0. The first-order valence-electron chi connectivity index (χ1n) is 4.32. The second-order valence-corrected chi connectivity index (χ2v) is 5.21. The molecule has 0 aromatic carbocycles. The first-order valence-corrected chi connectivity index (χ1v) is 5.70. The second-order valence-electron chi connectivity index (χ2n) is 3.38. The molecule has 1 aliphatic heterocycles. The number of ether oxygens (including phenoxy) is 1. The van der Waals surface area contributed by atoms with Gasteiger partial charge in [-0.1, -0.05) is 0 Å². The summed E-state index contributed by atoms with van der Waals surface area (Å²) < 4.78 is 16.6. The molecule has 0 N–H and O–H groups in total. The van der Waals surface area contributed by atoms with E-state index in [4.69, 9.17) is 4.74 Å². The van der Waals surface area contributed by atoms with Gasteiger partial charge in [-0.05, 0) is 32.3 Å². The predicted octanol–water partition coefficient (Wildman–Crippen LogP) is 1.84. The lowest BCUT2D eigenvalue weighted by Gasteiger charge is -2.07. The van der Waals surface area contributed by atoms with Gasteiger partial charge in [0.15, 0.2) is 0 Å². The highest BCUT2D eigenvalue weighted by Crippen LogP contribution is 2.16. The Hall–Kier alpha value is -0.310. The van der Waals surface area contributed by atoms with Gasteiger partial charge in [0.1, 0.15) is 6.61 Å². The van der Waals surface area contributed by atoms with E-state index in [1.807, 2.05) is 13.8 Å². The van der Waals surface area contributed by atoms with Crippen LogP contribution in [-0.2, 0) is 15.5 Å². The third-order valence-corrected chi connectivity index (χ3v) is 3.65. The minimum absolute atomic E-state index is 0.278. The maximum atomic E-state index is 11.3. The smallest absolute Gasteiger partial charge is 0.102 e. The Morgan fingerprint density at radius 3 is 2.92 bits per heavy atom. The summed E-state index contributed by atoms with van der Waals surface area (Å²) in [5.74, 6) is 0.864. The molecule has 1 rings (SSSR count). The van der Waals surface area contributed by atoms with Gasteiger partial charge in [0.2, 0.25) is 0 Å². The van der Waals surface area contributed by atoms with Gasteiger partial charge in [-0.3, -0.25) is 4.21 Å². The molecule has 2 nitrogen and oxygen atoms in total. The minimum Gasteiger partial charge on any atom is -0.500 e. The van der Waals surface area contributed by atoms with Crippen molar-refractivity contribution in [3.63, 3.8) is 0 Å². The van der Waals surface area contributed by atoms with E-state index < -0.39 is 10.8 Å². The predicted molar refractivity (Wildman–Crippen MR) is 51.4 cm³/mol. The van der Waals surface area contributed by atoms with Crippen molar-refractivity contribution in [1.82, 2.24) is 0 Å². The van der Waals surface area contributed by atoms with E-state index in [-0.39, 0.29) is 5.25 Å². The normalized spacial score (nSPS) is 28.5. The topological polar surface area (TPSA) is 26.3 Å². The number of allylic oxidation sites excluding steroid dienone is 1. The van der Waals surface area contributed by atoms with Crippen LogP contribution in [0.3, 0.4) is 0 Å². The maximum absolute atomic E-state index is 11.3. The average Bonchev–Trinajstić information content (AvgIpc) is 2.36. The Morgan fingerprint density at radius 2 is 2.42 bits per heavy atom. The summed E-state index contributed by atoms with van der Waals surface area (Å²) in [5, 5.41) is 0.278. The van der Waals surface area contributed by atoms with Gasteiger partial charge in [-0.15, -0.1) is 0 Å². The third-order valence-electron chi connectivity index (χ3n) is 1.84. The van der Waals surface area contributed by atoms with Gasteiger partial charge in [-0.2, -0.15) is 0 Å². The van der Waals surface area contributed by atoms with Gasteiger partial charge >= 0.3 is 0 Å². The monoisotopic (exact) mass is 188 g/mol. The van der Waals surface area contributed by atoms with Crippen LogP contribution in [0.1, 0.15) is 26.7 Å². The lowest BCUT2D eigenvalue weighted by atomic mass is 10.3. The second kappa shape index (κ2) is 4.65. The third kappa shape index (κ3) is 2.97. The molecule has 0 spiro atoms. The maximum Gasteiger partial charge on any atom is 0.102 e. The Balaban J connectivity index is 2.23. The van der Waals surface area contributed by atoms with E-state index in [1.54, 1.807) is 6.26 Å². The van der Waals surface area contributed by atoms with Crippen LogP contribution in [0, 0.1) is 0 Å². The zero-order chi connectivity index (χ0) is 8.97. The molecule has 0 aromatic rings. The van der Waals surface area contributed by atoms with Crippen molar-refractivity contribution in [3.05, 3.63) is 11.8 Å². The van der Waals surface area contributed by atoms with Crippen molar-refractivity contribution < 1.29 is 8.95 Å². The number of rotatable bonds is 3. The molecule has 12 heavy (non-hydrogen) atoms. The molecule has 1 fully saturated rings. The minimum atomic E-state index is -0.630. The molecule has 0 aliphatic carbocycles. The summed E-state index contributed by atoms with van der Waals surface area (Å²) in [6, 6.07) is 0. The van der Waals surface area contributed by atoms with Gasteiger partial charge in [0, 0.05) is 16.6 Å². The van der Waals surface area contributed by atoms with Crippen molar-refractivity contribution in [2.75, 3.05) is 12.4 Å². The van der Waals surface area contributed by atoms with E-state index in [0.717, 1.165) is 24.2 Å². The molecule has 70 valence electrons. The molecule has 3 heteroatoms. The highest BCUT2D eigenvalue weighted by molar-refractivity contribution is 7.85. The zero-order valence-corrected chi connectivity index (χ0v) is 8.52. The fourth-order valence-corrected chi connectivity index (χ4v) is 2.68. The van der Waals surface area contributed by atoms with Crippen LogP contribution in [0.25, 0.3) is 0 Å². The summed E-state index contributed by atoms with van der Waals surface area (Å²) in [6.07, 6.45) is 3.90.